The first-order valence-electron chi connectivity index (χ1n) is 12.7. The summed E-state index contributed by atoms with van der Waals surface area (Å²) in [5.41, 5.74) is 4.00. The number of carbonyl (C=O) groups is 1. The molecule has 1 N–H and O–H groups in total. The third-order valence-corrected chi connectivity index (χ3v) is 8.64. The van der Waals surface area contributed by atoms with Crippen LogP contribution in [-0.4, -0.2) is 85.8 Å². The monoisotopic (exact) mass is 469 g/mol. The van der Waals surface area contributed by atoms with Gasteiger partial charge in [-0.3, -0.25) is 0 Å². The molecule has 0 spiro atoms. The summed E-state index contributed by atoms with van der Waals surface area (Å²) < 4.78 is 24.3. The number of likely N-dealkylation sites (tertiary alicyclic amines) is 1. The maximum absolute atomic E-state index is 13.4. The van der Waals surface area contributed by atoms with Gasteiger partial charge in [-0.15, -0.1) is 0 Å². The number of carbonyl (C=O) groups excluding carboxylic acids is 1. The van der Waals surface area contributed by atoms with E-state index in [0.717, 1.165) is 44.5 Å². The van der Waals surface area contributed by atoms with Gasteiger partial charge in [0.15, 0.2) is 0 Å². The zero-order valence-electron chi connectivity index (χ0n) is 20.8. The minimum Gasteiger partial charge on any atom is -0.399 e. The summed E-state index contributed by atoms with van der Waals surface area (Å²) in [6.07, 6.45) is 2.02. The van der Waals surface area contributed by atoms with Crippen LogP contribution in [-0.2, 0) is 31.7 Å². The number of morpholine rings is 2. The molecule has 5 heterocycles. The lowest BCUT2D eigenvalue weighted by Crippen LogP contribution is -2.50. The Balaban J connectivity index is 1.30. The Morgan fingerprint density at radius 3 is 2.59 bits per heavy atom. The molecular weight excluding hydrogens is 433 g/mol. The van der Waals surface area contributed by atoms with E-state index in [2.05, 4.69) is 45.1 Å². The molecule has 0 radical (unpaired) electrons. The highest BCUT2D eigenvalue weighted by Crippen LogP contribution is 2.38. The summed E-state index contributed by atoms with van der Waals surface area (Å²) in [4.78, 5) is 17.5. The number of rotatable bonds is 2. The number of ether oxygens (including phenoxy) is 2. The van der Waals surface area contributed by atoms with E-state index in [1.807, 2.05) is 9.80 Å². The summed E-state index contributed by atoms with van der Waals surface area (Å²) in [6.45, 7) is 13.3. The Morgan fingerprint density at radius 2 is 1.94 bits per heavy atom. The molecule has 6 rings (SSSR count). The molecule has 0 aliphatic carbocycles. The number of nitrogens with one attached hydrogen (secondary N) is 1. The van der Waals surface area contributed by atoms with Gasteiger partial charge >= 0.3 is 13.1 Å². The molecule has 5 aliphatic rings. The summed E-state index contributed by atoms with van der Waals surface area (Å²) in [5, 5.41) is 3.62. The van der Waals surface area contributed by atoms with E-state index in [0.29, 0.717) is 19.8 Å². The second kappa shape index (κ2) is 8.20. The van der Waals surface area contributed by atoms with Crippen molar-refractivity contribution < 1.29 is 23.6 Å². The fraction of sp³-hybridized carbons (Fsp3) is 0.720. The van der Waals surface area contributed by atoms with Gasteiger partial charge in [-0.05, 0) is 62.7 Å². The molecule has 0 aromatic heterocycles. The molecule has 9 heteroatoms. The van der Waals surface area contributed by atoms with Crippen LogP contribution >= 0.6 is 0 Å². The number of benzene rings is 1. The lowest BCUT2D eigenvalue weighted by molar-refractivity contribution is 0.00578. The minimum atomic E-state index is -0.404. The van der Waals surface area contributed by atoms with Gasteiger partial charge in [-0.1, -0.05) is 12.1 Å². The van der Waals surface area contributed by atoms with E-state index >= 15 is 0 Å². The summed E-state index contributed by atoms with van der Waals surface area (Å²) in [5.74, 6) is 0. The highest BCUT2D eigenvalue weighted by Gasteiger charge is 2.52. The normalized spacial score (nSPS) is 31.8. The lowest BCUT2D eigenvalue weighted by atomic mass is 9.74. The van der Waals surface area contributed by atoms with Crippen molar-refractivity contribution >= 4 is 18.6 Å². The molecule has 4 saturated heterocycles. The number of fused-ring (bicyclic) bond motifs is 3. The molecule has 2 amide bonds. The first-order valence-corrected chi connectivity index (χ1v) is 12.7. The molecule has 1 aromatic carbocycles. The van der Waals surface area contributed by atoms with Gasteiger partial charge in [0.2, 0.25) is 0 Å². The number of nitrogens with zero attached hydrogens (tertiary/aromatic N) is 2. The molecule has 2 bridgehead atoms. The van der Waals surface area contributed by atoms with E-state index < -0.39 is 7.12 Å². The van der Waals surface area contributed by atoms with Crippen molar-refractivity contribution in [3.8, 4) is 0 Å². The van der Waals surface area contributed by atoms with Crippen molar-refractivity contribution in [2.75, 3.05) is 39.5 Å². The Bertz CT molecular complexity index is 964. The molecule has 5 aliphatic heterocycles. The van der Waals surface area contributed by atoms with Crippen LogP contribution in [0.3, 0.4) is 0 Å². The van der Waals surface area contributed by atoms with Crippen molar-refractivity contribution in [1.82, 2.24) is 15.1 Å². The summed E-state index contributed by atoms with van der Waals surface area (Å²) in [7, 11) is -0.404. The fourth-order valence-corrected chi connectivity index (χ4v) is 5.89. The molecule has 34 heavy (non-hydrogen) atoms. The molecule has 0 saturated carbocycles. The van der Waals surface area contributed by atoms with Gasteiger partial charge in [0.1, 0.15) is 0 Å². The standard InChI is InChI=1S/C25H36BN3O5/c1-24(2)25(3,4)34-26(33-24)17-9-16-5-7-28(23(30)29-12-19-11-18(29)14-32-19)13-21(16)20(10-17)22-15-31-8-6-27-22/h9-10,18-19,22,27H,5-8,11-15H2,1-4H3/t18-,19-,22+/m1/s1. The summed E-state index contributed by atoms with van der Waals surface area (Å²) >= 11 is 0. The first-order chi connectivity index (χ1) is 16.2. The van der Waals surface area contributed by atoms with Gasteiger partial charge < -0.3 is 33.9 Å². The zero-order chi connectivity index (χ0) is 23.7. The van der Waals surface area contributed by atoms with E-state index in [1.165, 1.54) is 16.7 Å². The average molecular weight is 469 g/mol. The van der Waals surface area contributed by atoms with Crippen LogP contribution in [0.2, 0.25) is 0 Å². The smallest absolute Gasteiger partial charge is 0.399 e. The first kappa shape index (κ1) is 22.8. The van der Waals surface area contributed by atoms with Crippen molar-refractivity contribution in [2.24, 2.45) is 0 Å². The van der Waals surface area contributed by atoms with Crippen molar-refractivity contribution in [3.05, 3.63) is 28.8 Å². The molecular formula is C25H36BN3O5. The Hall–Kier alpha value is -1.65. The van der Waals surface area contributed by atoms with Crippen molar-refractivity contribution in [3.63, 3.8) is 0 Å². The minimum absolute atomic E-state index is 0.0936. The predicted octanol–water partition coefficient (Wildman–Crippen LogP) is 1.60. The Kier molecular flexibility index (Phi) is 5.50. The second-order valence-corrected chi connectivity index (χ2v) is 11.4. The molecule has 3 atom stereocenters. The van der Waals surface area contributed by atoms with Crippen molar-refractivity contribution in [2.45, 2.75) is 76.5 Å². The van der Waals surface area contributed by atoms with Crippen LogP contribution in [0.25, 0.3) is 0 Å². The van der Waals surface area contributed by atoms with Crippen LogP contribution in [0.1, 0.15) is 56.8 Å². The highest BCUT2D eigenvalue weighted by molar-refractivity contribution is 6.62. The Morgan fingerprint density at radius 1 is 1.15 bits per heavy atom. The lowest BCUT2D eigenvalue weighted by Gasteiger charge is -2.37. The summed E-state index contributed by atoms with van der Waals surface area (Å²) in [6, 6.07) is 4.93. The maximum Gasteiger partial charge on any atom is 0.494 e. The molecule has 0 unspecified atom stereocenters. The van der Waals surface area contributed by atoms with Crippen LogP contribution in [0.5, 0.6) is 0 Å². The van der Waals surface area contributed by atoms with E-state index in [4.69, 9.17) is 18.8 Å². The number of urea groups is 1. The maximum atomic E-state index is 13.4. The van der Waals surface area contributed by atoms with Crippen molar-refractivity contribution in [1.29, 1.82) is 0 Å². The van der Waals surface area contributed by atoms with Crippen LogP contribution in [0.4, 0.5) is 4.79 Å². The number of amides is 2. The predicted molar refractivity (Wildman–Crippen MR) is 128 cm³/mol. The van der Waals surface area contributed by atoms with E-state index in [-0.39, 0.29) is 35.4 Å². The number of hydrogen-bond acceptors (Lipinski definition) is 6. The largest absolute Gasteiger partial charge is 0.494 e. The van der Waals surface area contributed by atoms with Gasteiger partial charge in [-0.25, -0.2) is 4.79 Å². The number of hydrogen-bond donors (Lipinski definition) is 1. The third kappa shape index (κ3) is 3.76. The van der Waals surface area contributed by atoms with Crippen LogP contribution in [0.15, 0.2) is 12.1 Å². The van der Waals surface area contributed by atoms with E-state index in [9.17, 15) is 4.79 Å². The quantitative estimate of drug-likeness (QED) is 0.664. The van der Waals surface area contributed by atoms with Crippen LogP contribution in [0, 0.1) is 0 Å². The van der Waals surface area contributed by atoms with Gasteiger partial charge in [0, 0.05) is 26.2 Å². The second-order valence-electron chi connectivity index (χ2n) is 11.4. The van der Waals surface area contributed by atoms with Gasteiger partial charge in [0.25, 0.3) is 0 Å². The highest BCUT2D eigenvalue weighted by atomic mass is 16.7. The molecule has 8 nitrogen and oxygen atoms in total. The average Bonchev–Trinajstić information content (AvgIpc) is 3.51. The Labute approximate surface area is 202 Å². The molecule has 4 fully saturated rings. The SMILES string of the molecule is CC1(C)OB(c2cc3c(c([C@@H]4COCCN4)c2)CN(C(=O)N2C[C@H]4C[C@@H]2CO4)CC3)OC1(C)C. The topological polar surface area (TPSA) is 72.5 Å². The fourth-order valence-electron chi connectivity index (χ4n) is 5.89. The van der Waals surface area contributed by atoms with Gasteiger partial charge in [-0.2, -0.15) is 0 Å². The third-order valence-electron chi connectivity index (χ3n) is 8.64. The zero-order valence-corrected chi connectivity index (χ0v) is 20.8. The molecule has 1 aromatic rings. The van der Waals surface area contributed by atoms with Crippen LogP contribution < -0.4 is 10.8 Å². The van der Waals surface area contributed by atoms with Gasteiger partial charge in [0.05, 0.1) is 49.2 Å². The molecule has 184 valence electrons. The van der Waals surface area contributed by atoms with E-state index in [1.54, 1.807) is 0 Å².